The average molecular weight is 432 g/mol. The van der Waals surface area contributed by atoms with Gasteiger partial charge in [0.1, 0.15) is 0 Å². The van der Waals surface area contributed by atoms with Gasteiger partial charge in [-0.05, 0) is 0 Å². The number of phosphoric acid groups is 4. The van der Waals surface area contributed by atoms with Gasteiger partial charge in [-0.15, -0.1) is 0 Å². The third-order valence-corrected chi connectivity index (χ3v) is 5.60. The van der Waals surface area contributed by atoms with Crippen LogP contribution < -0.4 is 56.3 Å². The molecule has 0 rings (SSSR count). The minimum atomic E-state index is -5.83. The molecule has 0 amide bonds. The van der Waals surface area contributed by atoms with E-state index in [1.165, 1.54) is 0 Å². The third kappa shape index (κ3) is 24.8. The average Bonchev–Trinajstić information content (AvgIpc) is 1.65. The van der Waals surface area contributed by atoms with E-state index in [0.717, 1.165) is 0 Å². The maximum atomic E-state index is 10.7. The van der Waals surface area contributed by atoms with E-state index in [2.05, 4.69) is 12.9 Å². The van der Waals surface area contributed by atoms with Crippen LogP contribution in [0.5, 0.6) is 0 Å². The fourth-order valence-electron chi connectivity index (χ4n) is 0.425. The first-order chi connectivity index (χ1) is 7.12. The summed E-state index contributed by atoms with van der Waals surface area (Å²) >= 11 is 0. The molecule has 0 aliphatic rings. The van der Waals surface area contributed by atoms with Crippen LogP contribution in [0.2, 0.25) is 0 Å². The molecule has 21 heteroatoms. The van der Waals surface area contributed by atoms with Crippen molar-refractivity contribution in [1.29, 1.82) is 0 Å². The molecular weight excluding hydrogens is 424 g/mol. The molecule has 0 aliphatic heterocycles. The van der Waals surface area contributed by atoms with Crippen LogP contribution in [-0.4, -0.2) is 102 Å². The summed E-state index contributed by atoms with van der Waals surface area (Å²) in [6, 6.07) is 0. The van der Waals surface area contributed by atoms with Gasteiger partial charge in [0.25, 0.3) is 7.82 Å². The van der Waals surface area contributed by atoms with Gasteiger partial charge in [-0.3, -0.25) is 4.57 Å². The van der Waals surface area contributed by atoms with E-state index < -0.39 is 31.3 Å². The Bertz CT molecular complexity index is 423. The van der Waals surface area contributed by atoms with Crippen molar-refractivity contribution < 1.29 is 112 Å². The molecule has 110 valence electrons. The Hall–Kier alpha value is 4.79. The fourth-order valence-corrected chi connectivity index (χ4v) is 4.36. The zero-order valence-corrected chi connectivity index (χ0v) is 15.0. The third-order valence-electron chi connectivity index (χ3n) is 0.622. The summed E-state index contributed by atoms with van der Waals surface area (Å²) in [7, 11) is -23.0. The Morgan fingerprint density at radius 1 is 0.714 bits per heavy atom. The molecule has 0 saturated heterocycles. The van der Waals surface area contributed by atoms with E-state index in [9.17, 15) is 23.2 Å². The van der Waals surface area contributed by atoms with Crippen molar-refractivity contribution in [3.8, 4) is 0 Å². The van der Waals surface area contributed by atoms with Crippen LogP contribution in [-0.2, 0) is 31.2 Å². The van der Waals surface area contributed by atoms with Crippen molar-refractivity contribution in [3.63, 3.8) is 0 Å². The van der Waals surface area contributed by atoms with Gasteiger partial charge < -0.3 is 29.4 Å². The first-order valence-electron chi connectivity index (χ1n) is 3.01. The molecular formula is H8KLiNa2O13P4. The standard InChI is InChI=1S/K.Li.2Na.H6O13P4.3H/c;;;;1-14(2,3)11-16(7,8)13-17(9,10)12-15(4,5)6;;;/h;;;;(H,7,8)(H,9,10)(H2,1,2,3)(H2,4,5,6);;;/q+1;;;;;;;/p-1. The van der Waals surface area contributed by atoms with Gasteiger partial charge in [0.05, 0.1) is 0 Å². The summed E-state index contributed by atoms with van der Waals surface area (Å²) in [5.74, 6) is 0. The first-order valence-corrected chi connectivity index (χ1v) is 9.02. The van der Waals surface area contributed by atoms with Crippen molar-refractivity contribution in [2.24, 2.45) is 0 Å². The number of rotatable bonds is 6. The van der Waals surface area contributed by atoms with Crippen molar-refractivity contribution >= 4 is 109 Å². The second-order valence-corrected chi connectivity index (χ2v) is 7.89. The molecule has 3 unspecified atom stereocenters. The van der Waals surface area contributed by atoms with Crippen molar-refractivity contribution in [3.05, 3.63) is 0 Å². The van der Waals surface area contributed by atoms with Crippen LogP contribution in [0.1, 0.15) is 0 Å². The summed E-state index contributed by atoms with van der Waals surface area (Å²) in [5.41, 5.74) is 0. The van der Waals surface area contributed by atoms with E-state index in [0.29, 0.717) is 0 Å². The molecule has 0 heterocycles. The van der Waals surface area contributed by atoms with Gasteiger partial charge in [-0.2, -0.15) is 8.62 Å². The summed E-state index contributed by atoms with van der Waals surface area (Å²) in [5, 5.41) is 0. The van der Waals surface area contributed by atoms with Crippen LogP contribution in [0.3, 0.4) is 0 Å². The maximum absolute atomic E-state index is 10.7. The first kappa shape index (κ1) is 36.7. The summed E-state index contributed by atoms with van der Waals surface area (Å²) in [4.78, 5) is 51.2. The van der Waals surface area contributed by atoms with Crippen LogP contribution >= 0.6 is 31.3 Å². The van der Waals surface area contributed by atoms with Crippen LogP contribution in [0.15, 0.2) is 0 Å². The van der Waals surface area contributed by atoms with Gasteiger partial charge in [0.2, 0.25) is 0 Å². The Morgan fingerprint density at radius 3 is 1.24 bits per heavy atom. The van der Waals surface area contributed by atoms with E-state index >= 15 is 0 Å². The SMILES string of the molecule is O=P([O-])(O)OP(=O)(O)OP(=O)(O)OP(=O)(O)O.[K+].[LiH].[NaH].[NaH]. The molecule has 0 fully saturated rings. The number of hydrogen-bond donors (Lipinski definition) is 5. The summed E-state index contributed by atoms with van der Waals surface area (Å²) in [6.45, 7) is 0. The quantitative estimate of drug-likeness (QED) is 0.195. The predicted octanol–water partition coefficient (Wildman–Crippen LogP) is -6.15. The molecule has 0 spiro atoms. The Balaban J connectivity index is -0.000000213. The van der Waals surface area contributed by atoms with Gasteiger partial charge in [0.15, 0.2) is 0 Å². The zero-order chi connectivity index (χ0) is 14.1. The molecule has 0 aromatic carbocycles. The topological polar surface area (TPSA) is 220 Å². The van der Waals surface area contributed by atoms with Gasteiger partial charge >= 0.3 is 153 Å². The Morgan fingerprint density at radius 2 is 1.00 bits per heavy atom. The molecule has 0 saturated carbocycles. The monoisotopic (exact) mass is 432 g/mol. The summed E-state index contributed by atoms with van der Waals surface area (Å²) < 4.78 is 50.5. The molecule has 0 aromatic rings. The molecule has 0 bridgehead atoms. The van der Waals surface area contributed by atoms with Crippen LogP contribution in [0.4, 0.5) is 0 Å². The Labute approximate surface area is 217 Å². The van der Waals surface area contributed by atoms with Crippen molar-refractivity contribution in [1.82, 2.24) is 0 Å². The van der Waals surface area contributed by atoms with Crippen molar-refractivity contribution in [2.45, 2.75) is 0 Å². The molecule has 21 heavy (non-hydrogen) atoms. The van der Waals surface area contributed by atoms with Crippen molar-refractivity contribution in [2.75, 3.05) is 0 Å². The molecule has 13 nitrogen and oxygen atoms in total. The van der Waals surface area contributed by atoms with E-state index in [-0.39, 0.29) is 129 Å². The Kier molecular flexibility index (Phi) is 24.2. The second-order valence-electron chi connectivity index (χ2n) is 2.14. The van der Waals surface area contributed by atoms with Gasteiger partial charge in [-0.1, -0.05) is 0 Å². The zero-order valence-electron chi connectivity index (χ0n) is 8.29. The molecule has 0 aromatic heterocycles. The van der Waals surface area contributed by atoms with E-state index in [1.54, 1.807) is 0 Å². The van der Waals surface area contributed by atoms with Gasteiger partial charge in [0, 0.05) is 0 Å². The van der Waals surface area contributed by atoms with E-state index in [1.807, 2.05) is 0 Å². The predicted molar refractivity (Wildman–Crippen MR) is 66.2 cm³/mol. The second kappa shape index (κ2) is 13.9. The fraction of sp³-hybridized carbons (Fsp3) is 0. The van der Waals surface area contributed by atoms with Crippen LogP contribution in [0, 0.1) is 0 Å². The molecule has 3 atom stereocenters. The van der Waals surface area contributed by atoms with E-state index in [4.69, 9.17) is 24.5 Å². The number of hydrogen-bond acceptors (Lipinski definition) is 8. The molecule has 0 radical (unpaired) electrons. The normalized spacial score (nSPS) is 19.0. The van der Waals surface area contributed by atoms with Crippen LogP contribution in [0.25, 0.3) is 0 Å². The molecule has 5 N–H and O–H groups in total. The summed E-state index contributed by atoms with van der Waals surface area (Å²) in [6.07, 6.45) is 0. The van der Waals surface area contributed by atoms with Gasteiger partial charge in [-0.25, -0.2) is 18.0 Å². The minimum absolute atomic E-state index is 0. The molecule has 0 aliphatic carbocycles.